The van der Waals surface area contributed by atoms with Gasteiger partial charge >= 0.3 is 0 Å². The summed E-state index contributed by atoms with van der Waals surface area (Å²) in [7, 11) is 0. The minimum absolute atomic E-state index is 0.0672. The van der Waals surface area contributed by atoms with Gasteiger partial charge in [-0.15, -0.1) is 0 Å². The third kappa shape index (κ3) is 6.26. The first-order valence-electron chi connectivity index (χ1n) is 6.58. The van der Waals surface area contributed by atoms with Crippen molar-refractivity contribution in [2.24, 2.45) is 11.5 Å². The fourth-order valence-electron chi connectivity index (χ4n) is 2.14. The summed E-state index contributed by atoms with van der Waals surface area (Å²) < 4.78 is 0. The van der Waals surface area contributed by atoms with Crippen molar-refractivity contribution in [3.05, 3.63) is 0 Å². The second-order valence-electron chi connectivity index (χ2n) is 4.91. The molecule has 1 saturated heterocycles. The van der Waals surface area contributed by atoms with E-state index in [1.54, 1.807) is 11.8 Å². The Balaban J connectivity index is 2.24. The molecule has 5 N–H and O–H groups in total. The van der Waals surface area contributed by atoms with Crippen LogP contribution < -0.4 is 16.8 Å². The van der Waals surface area contributed by atoms with Crippen molar-refractivity contribution in [1.29, 1.82) is 0 Å². The van der Waals surface area contributed by atoms with Crippen molar-refractivity contribution in [3.63, 3.8) is 0 Å². The van der Waals surface area contributed by atoms with E-state index in [2.05, 4.69) is 5.32 Å². The number of carbonyl (C=O) groups is 2. The third-order valence-corrected chi connectivity index (χ3v) is 3.93. The van der Waals surface area contributed by atoms with Crippen LogP contribution in [0.3, 0.4) is 0 Å². The van der Waals surface area contributed by atoms with Crippen LogP contribution in [0.1, 0.15) is 19.3 Å². The molecule has 110 valence electrons. The standard InChI is InChI=1S/C12H24N4O2S/c1-19-7-4-10(13)12(18)15-9-2-5-16(6-3-9)8-11(14)17/h9-10H,2-8,13H2,1H3,(H2,14,17)(H,15,18)/t10-/m0/s1. The van der Waals surface area contributed by atoms with Gasteiger partial charge in [-0.25, -0.2) is 0 Å². The quantitative estimate of drug-likeness (QED) is 0.565. The Morgan fingerprint density at radius 3 is 2.58 bits per heavy atom. The van der Waals surface area contributed by atoms with Crippen molar-refractivity contribution in [1.82, 2.24) is 10.2 Å². The van der Waals surface area contributed by atoms with Crippen molar-refractivity contribution < 1.29 is 9.59 Å². The zero-order valence-corrected chi connectivity index (χ0v) is 12.2. The van der Waals surface area contributed by atoms with E-state index in [0.29, 0.717) is 13.0 Å². The Morgan fingerprint density at radius 2 is 2.05 bits per heavy atom. The molecule has 0 aromatic carbocycles. The van der Waals surface area contributed by atoms with E-state index in [0.717, 1.165) is 31.7 Å². The van der Waals surface area contributed by atoms with Gasteiger partial charge in [-0.2, -0.15) is 11.8 Å². The molecule has 1 rings (SSSR count). The van der Waals surface area contributed by atoms with Crippen molar-refractivity contribution in [2.45, 2.75) is 31.3 Å². The molecule has 1 fully saturated rings. The van der Waals surface area contributed by atoms with Crippen LogP contribution in [0.25, 0.3) is 0 Å². The number of primary amides is 1. The molecule has 0 aromatic rings. The Kier molecular flexibility index (Phi) is 7.19. The van der Waals surface area contributed by atoms with Crippen LogP contribution in [0.4, 0.5) is 0 Å². The van der Waals surface area contributed by atoms with Crippen LogP contribution >= 0.6 is 11.8 Å². The first kappa shape index (κ1) is 16.3. The number of nitrogens with one attached hydrogen (secondary N) is 1. The van der Waals surface area contributed by atoms with Crippen molar-refractivity contribution >= 4 is 23.6 Å². The van der Waals surface area contributed by atoms with Gasteiger partial charge in [-0.05, 0) is 31.3 Å². The molecule has 1 heterocycles. The number of nitrogens with zero attached hydrogens (tertiary/aromatic N) is 1. The van der Waals surface area contributed by atoms with Gasteiger partial charge in [0, 0.05) is 19.1 Å². The maximum absolute atomic E-state index is 11.8. The lowest BCUT2D eigenvalue weighted by molar-refractivity contribution is -0.124. The molecule has 0 aliphatic carbocycles. The lowest BCUT2D eigenvalue weighted by Gasteiger charge is -2.32. The number of hydrogen-bond donors (Lipinski definition) is 3. The molecule has 0 radical (unpaired) electrons. The molecule has 0 unspecified atom stereocenters. The summed E-state index contributed by atoms with van der Waals surface area (Å²) in [5.74, 6) is 0.523. The molecule has 0 spiro atoms. The normalized spacial score (nSPS) is 19.1. The highest BCUT2D eigenvalue weighted by Crippen LogP contribution is 2.10. The van der Waals surface area contributed by atoms with Gasteiger partial charge in [0.1, 0.15) is 0 Å². The molecule has 6 nitrogen and oxygen atoms in total. The van der Waals surface area contributed by atoms with Crippen LogP contribution in [0.15, 0.2) is 0 Å². The minimum atomic E-state index is -0.420. The van der Waals surface area contributed by atoms with Crippen LogP contribution in [-0.2, 0) is 9.59 Å². The second-order valence-corrected chi connectivity index (χ2v) is 5.90. The van der Waals surface area contributed by atoms with E-state index in [4.69, 9.17) is 11.5 Å². The molecule has 1 aliphatic rings. The number of nitrogens with two attached hydrogens (primary N) is 2. The predicted molar refractivity (Wildman–Crippen MR) is 77.8 cm³/mol. The van der Waals surface area contributed by atoms with E-state index < -0.39 is 6.04 Å². The monoisotopic (exact) mass is 288 g/mol. The maximum atomic E-state index is 11.8. The van der Waals surface area contributed by atoms with Crippen LogP contribution in [-0.4, -0.2) is 60.4 Å². The summed E-state index contributed by atoms with van der Waals surface area (Å²) in [6.07, 6.45) is 4.38. The first-order valence-corrected chi connectivity index (χ1v) is 7.98. The zero-order valence-electron chi connectivity index (χ0n) is 11.4. The zero-order chi connectivity index (χ0) is 14.3. The molecule has 1 aliphatic heterocycles. The molecule has 7 heteroatoms. The molecule has 1 atom stereocenters. The number of thioether (sulfide) groups is 1. The fourth-order valence-corrected chi connectivity index (χ4v) is 2.63. The molecule has 0 saturated carbocycles. The Hall–Kier alpha value is -0.790. The summed E-state index contributed by atoms with van der Waals surface area (Å²) in [6, 6.07) is -0.256. The van der Waals surface area contributed by atoms with Crippen LogP contribution in [0.2, 0.25) is 0 Å². The van der Waals surface area contributed by atoms with Crippen molar-refractivity contribution in [3.8, 4) is 0 Å². The summed E-state index contributed by atoms with van der Waals surface area (Å²) in [5, 5.41) is 2.99. The number of rotatable bonds is 7. The number of hydrogen-bond acceptors (Lipinski definition) is 5. The molecular weight excluding hydrogens is 264 g/mol. The van der Waals surface area contributed by atoms with E-state index in [1.165, 1.54) is 0 Å². The summed E-state index contributed by atoms with van der Waals surface area (Å²) >= 11 is 1.69. The van der Waals surface area contributed by atoms with Gasteiger partial charge in [-0.1, -0.05) is 0 Å². The number of amides is 2. The largest absolute Gasteiger partial charge is 0.369 e. The fraction of sp³-hybridized carbons (Fsp3) is 0.833. The molecule has 0 bridgehead atoms. The van der Waals surface area contributed by atoms with E-state index in [1.807, 2.05) is 11.2 Å². The Bertz CT molecular complexity index is 306. The first-order chi connectivity index (χ1) is 9.02. The van der Waals surface area contributed by atoms with Gasteiger partial charge in [0.15, 0.2) is 0 Å². The maximum Gasteiger partial charge on any atom is 0.237 e. The lowest BCUT2D eigenvalue weighted by atomic mass is 10.0. The number of carbonyl (C=O) groups excluding carboxylic acids is 2. The second kappa shape index (κ2) is 8.39. The van der Waals surface area contributed by atoms with Gasteiger partial charge < -0.3 is 16.8 Å². The van der Waals surface area contributed by atoms with E-state index in [-0.39, 0.29) is 17.9 Å². The Labute approximate surface area is 118 Å². The molecule has 2 amide bonds. The minimum Gasteiger partial charge on any atom is -0.369 e. The summed E-state index contributed by atoms with van der Waals surface area (Å²) in [4.78, 5) is 24.7. The number of likely N-dealkylation sites (tertiary alicyclic amines) is 1. The van der Waals surface area contributed by atoms with Gasteiger partial charge in [-0.3, -0.25) is 14.5 Å². The predicted octanol–water partition coefficient (Wildman–Crippen LogP) is -0.867. The highest BCUT2D eigenvalue weighted by atomic mass is 32.2. The van der Waals surface area contributed by atoms with Crippen LogP contribution in [0.5, 0.6) is 0 Å². The molecular formula is C12H24N4O2S. The van der Waals surface area contributed by atoms with Gasteiger partial charge in [0.05, 0.1) is 12.6 Å². The summed E-state index contributed by atoms with van der Waals surface area (Å²) in [5.41, 5.74) is 11.0. The van der Waals surface area contributed by atoms with E-state index >= 15 is 0 Å². The summed E-state index contributed by atoms with van der Waals surface area (Å²) in [6.45, 7) is 1.87. The van der Waals surface area contributed by atoms with E-state index in [9.17, 15) is 9.59 Å². The average Bonchev–Trinajstić information content (AvgIpc) is 2.37. The highest BCUT2D eigenvalue weighted by molar-refractivity contribution is 7.98. The Morgan fingerprint density at radius 1 is 1.42 bits per heavy atom. The lowest BCUT2D eigenvalue weighted by Crippen LogP contribution is -2.50. The smallest absolute Gasteiger partial charge is 0.237 e. The highest BCUT2D eigenvalue weighted by Gasteiger charge is 2.23. The number of piperidine rings is 1. The molecule has 0 aromatic heterocycles. The topological polar surface area (TPSA) is 101 Å². The third-order valence-electron chi connectivity index (χ3n) is 3.28. The van der Waals surface area contributed by atoms with Crippen molar-refractivity contribution in [2.75, 3.05) is 31.6 Å². The SMILES string of the molecule is CSCC[C@H](N)C(=O)NC1CCN(CC(N)=O)CC1. The van der Waals surface area contributed by atoms with Gasteiger partial charge in [0.2, 0.25) is 11.8 Å². The van der Waals surface area contributed by atoms with Crippen LogP contribution in [0, 0.1) is 0 Å². The molecule has 19 heavy (non-hydrogen) atoms. The average molecular weight is 288 g/mol. The van der Waals surface area contributed by atoms with Gasteiger partial charge in [0.25, 0.3) is 0 Å².